The van der Waals surface area contributed by atoms with Crippen LogP contribution in [0.2, 0.25) is 0 Å². The molecule has 3 aromatic carbocycles. The average Bonchev–Trinajstić information content (AvgIpc) is 3.25. The number of hydrogen-bond donors (Lipinski definition) is 0. The Morgan fingerprint density at radius 3 is 2.45 bits per heavy atom. The molecule has 0 saturated carbocycles. The number of aromatic nitrogens is 1. The largest absolute Gasteiger partial charge is 0.478 e. The highest BCUT2D eigenvalue weighted by Gasteiger charge is 2.36. The number of amides is 1. The molecule has 0 radical (unpaired) electrons. The third-order valence-electron chi connectivity index (χ3n) is 6.16. The van der Waals surface area contributed by atoms with Crippen molar-refractivity contribution >= 4 is 23.1 Å². The fraction of sp³-hybridized carbons (Fsp3) is 0.156. The lowest BCUT2D eigenvalue weighted by Crippen LogP contribution is -2.23. The van der Waals surface area contributed by atoms with Gasteiger partial charge in [-0.3, -0.25) is 14.6 Å². The minimum atomic E-state index is -0.448. The summed E-state index contributed by atoms with van der Waals surface area (Å²) in [6, 6.07) is 19.3. The van der Waals surface area contributed by atoms with Crippen LogP contribution in [0.4, 0.5) is 4.39 Å². The van der Waals surface area contributed by atoms with Gasteiger partial charge in [0.15, 0.2) is 12.0 Å². The summed E-state index contributed by atoms with van der Waals surface area (Å²) in [5.41, 5.74) is 3.60. The van der Waals surface area contributed by atoms with Crippen molar-refractivity contribution < 1.29 is 18.7 Å². The number of allylic oxidation sites excluding steroid dienone is 2. The summed E-state index contributed by atoms with van der Waals surface area (Å²) in [6.07, 6.45) is 7.52. The van der Waals surface area contributed by atoms with Gasteiger partial charge in [0.25, 0.3) is 5.91 Å². The number of aldehydes is 1. The van der Waals surface area contributed by atoms with Crippen LogP contribution in [-0.2, 0) is 13.1 Å². The summed E-state index contributed by atoms with van der Waals surface area (Å²) in [6.45, 7) is 7.69. The molecule has 38 heavy (non-hydrogen) atoms. The van der Waals surface area contributed by atoms with E-state index in [4.69, 9.17) is 4.74 Å². The second kappa shape index (κ2) is 12.1. The molecule has 5 nitrogen and oxygen atoms in total. The Kier molecular flexibility index (Phi) is 8.44. The van der Waals surface area contributed by atoms with Crippen LogP contribution in [0.3, 0.4) is 0 Å². The molecule has 0 spiro atoms. The fourth-order valence-corrected chi connectivity index (χ4v) is 4.52. The monoisotopic (exact) mass is 508 g/mol. The lowest BCUT2D eigenvalue weighted by atomic mass is 9.97. The number of nitrogens with zero attached hydrogens (tertiary/aromatic N) is 2. The molecule has 0 bridgehead atoms. The maximum absolute atomic E-state index is 13.7. The third-order valence-corrected chi connectivity index (χ3v) is 6.16. The number of benzene rings is 3. The van der Waals surface area contributed by atoms with E-state index in [1.807, 2.05) is 62.4 Å². The van der Waals surface area contributed by atoms with Crippen molar-refractivity contribution in [3.63, 3.8) is 0 Å². The zero-order valence-corrected chi connectivity index (χ0v) is 21.4. The first-order valence-electron chi connectivity index (χ1n) is 12.4. The molecule has 1 amide bonds. The van der Waals surface area contributed by atoms with Crippen LogP contribution in [0.5, 0.6) is 5.75 Å². The number of rotatable bonds is 7. The summed E-state index contributed by atoms with van der Waals surface area (Å²) in [5.74, 6) is -0.223. The highest BCUT2D eigenvalue weighted by atomic mass is 19.1. The molecule has 4 aromatic rings. The maximum Gasteiger partial charge on any atom is 0.258 e. The molecule has 1 aliphatic heterocycles. The summed E-state index contributed by atoms with van der Waals surface area (Å²) < 4.78 is 19.9. The Morgan fingerprint density at radius 1 is 1.08 bits per heavy atom. The van der Waals surface area contributed by atoms with Crippen molar-refractivity contribution in [1.82, 2.24) is 9.88 Å². The first-order chi connectivity index (χ1) is 18.5. The van der Waals surface area contributed by atoms with Gasteiger partial charge >= 0.3 is 0 Å². The van der Waals surface area contributed by atoms with Gasteiger partial charge in [-0.15, -0.1) is 6.58 Å². The lowest BCUT2D eigenvalue weighted by molar-refractivity contribution is 0.0762. The van der Waals surface area contributed by atoms with E-state index in [0.717, 1.165) is 17.4 Å². The Balaban J connectivity index is 0.00000107. The molecule has 5 rings (SSSR count). The topological polar surface area (TPSA) is 59.5 Å². The number of pyridine rings is 1. The number of ether oxygens (including phenoxy) is 1. The van der Waals surface area contributed by atoms with Gasteiger partial charge < -0.3 is 9.64 Å². The fourth-order valence-electron chi connectivity index (χ4n) is 4.52. The highest BCUT2D eigenvalue weighted by molar-refractivity contribution is 6.12. The third kappa shape index (κ3) is 5.39. The van der Waals surface area contributed by atoms with E-state index in [1.54, 1.807) is 35.4 Å². The Morgan fingerprint density at radius 2 is 1.79 bits per heavy atom. The number of hydrogen-bond acceptors (Lipinski definition) is 4. The molecule has 0 N–H and O–H groups in total. The standard InChI is InChI=1S/C29H23FN2O3.C3H6/c1-2-7-25(20-8-4-3-5-9-20)35-28-26-23(24(18-33)22-10-6-15-31-27(22)28)17-32(29(26)34)16-19-11-13-21(30)14-12-19;1-3-2/h2-15,18,25H,16-17H2,1H3;3H,1H2,2H3/b7-2+;. The molecule has 1 unspecified atom stereocenters. The van der Waals surface area contributed by atoms with Gasteiger partial charge in [0.2, 0.25) is 0 Å². The summed E-state index contributed by atoms with van der Waals surface area (Å²) in [4.78, 5) is 32.0. The second-order valence-corrected chi connectivity index (χ2v) is 8.78. The van der Waals surface area contributed by atoms with E-state index in [9.17, 15) is 14.0 Å². The van der Waals surface area contributed by atoms with E-state index >= 15 is 0 Å². The molecular formula is C32H29FN2O3. The van der Waals surface area contributed by atoms with Gasteiger partial charge in [-0.25, -0.2) is 4.39 Å². The van der Waals surface area contributed by atoms with Gasteiger partial charge in [-0.05, 0) is 54.8 Å². The van der Waals surface area contributed by atoms with Crippen molar-refractivity contribution in [2.24, 2.45) is 0 Å². The van der Waals surface area contributed by atoms with Crippen molar-refractivity contribution in [1.29, 1.82) is 0 Å². The van der Waals surface area contributed by atoms with Crippen LogP contribution >= 0.6 is 0 Å². The molecule has 1 atom stereocenters. The molecule has 0 aliphatic carbocycles. The molecule has 0 fully saturated rings. The Hall–Kier alpha value is -4.58. The van der Waals surface area contributed by atoms with E-state index in [-0.39, 0.29) is 24.8 Å². The van der Waals surface area contributed by atoms with Crippen molar-refractivity contribution in [2.45, 2.75) is 33.0 Å². The number of carbonyl (C=O) groups is 2. The first-order valence-corrected chi connectivity index (χ1v) is 12.4. The van der Waals surface area contributed by atoms with Crippen LogP contribution < -0.4 is 4.74 Å². The van der Waals surface area contributed by atoms with Crippen LogP contribution in [-0.4, -0.2) is 22.1 Å². The minimum Gasteiger partial charge on any atom is -0.478 e. The quantitative estimate of drug-likeness (QED) is 0.195. The number of carbonyl (C=O) groups excluding carboxylic acids is 2. The predicted molar refractivity (Wildman–Crippen MR) is 148 cm³/mol. The van der Waals surface area contributed by atoms with E-state index < -0.39 is 6.10 Å². The van der Waals surface area contributed by atoms with Gasteiger partial charge in [-0.2, -0.15) is 0 Å². The van der Waals surface area contributed by atoms with Crippen molar-refractivity contribution in [3.8, 4) is 5.75 Å². The number of fused-ring (bicyclic) bond motifs is 2. The van der Waals surface area contributed by atoms with Crippen LogP contribution in [0, 0.1) is 5.82 Å². The van der Waals surface area contributed by atoms with E-state index in [1.165, 1.54) is 12.1 Å². The average molecular weight is 509 g/mol. The smallest absolute Gasteiger partial charge is 0.258 e. The predicted octanol–water partition coefficient (Wildman–Crippen LogP) is 7.23. The molecular weight excluding hydrogens is 479 g/mol. The van der Waals surface area contributed by atoms with Crippen molar-refractivity contribution in [3.05, 3.63) is 131 Å². The maximum atomic E-state index is 13.7. The Labute approximate surface area is 221 Å². The van der Waals surface area contributed by atoms with Gasteiger partial charge in [0.05, 0.1) is 5.56 Å². The molecule has 0 saturated heterocycles. The van der Waals surface area contributed by atoms with Gasteiger partial charge in [0, 0.05) is 30.2 Å². The molecule has 6 heteroatoms. The normalized spacial score (nSPS) is 13.1. The zero-order chi connectivity index (χ0) is 27.1. The zero-order valence-electron chi connectivity index (χ0n) is 21.4. The van der Waals surface area contributed by atoms with Crippen LogP contribution in [0.1, 0.15) is 57.4 Å². The molecule has 1 aliphatic rings. The Bertz CT molecular complexity index is 1480. The van der Waals surface area contributed by atoms with E-state index in [0.29, 0.717) is 33.3 Å². The SMILES string of the molecule is C/C=C/C(Oc1c2c(c(C=O)c3cccnc13)CN(Cc1ccc(F)cc1)C2=O)c1ccccc1.C=CC. The molecule has 2 heterocycles. The van der Waals surface area contributed by atoms with Crippen molar-refractivity contribution in [2.75, 3.05) is 0 Å². The van der Waals surface area contributed by atoms with Crippen LogP contribution in [0.15, 0.2) is 97.7 Å². The summed E-state index contributed by atoms with van der Waals surface area (Å²) in [5, 5.41) is 0.639. The van der Waals surface area contributed by atoms with Gasteiger partial charge in [0.1, 0.15) is 17.4 Å². The minimum absolute atomic E-state index is 0.248. The first kappa shape index (κ1) is 26.5. The second-order valence-electron chi connectivity index (χ2n) is 8.78. The highest BCUT2D eigenvalue weighted by Crippen LogP contribution is 2.42. The summed E-state index contributed by atoms with van der Waals surface area (Å²) in [7, 11) is 0. The lowest BCUT2D eigenvalue weighted by Gasteiger charge is -2.20. The molecule has 192 valence electrons. The van der Waals surface area contributed by atoms with E-state index in [2.05, 4.69) is 11.6 Å². The summed E-state index contributed by atoms with van der Waals surface area (Å²) >= 11 is 0. The van der Waals surface area contributed by atoms with Crippen LogP contribution in [0.25, 0.3) is 10.9 Å². The number of halogens is 1. The van der Waals surface area contributed by atoms with Gasteiger partial charge in [-0.1, -0.05) is 60.7 Å². The molecule has 1 aromatic heterocycles.